The molecule has 0 aromatic heterocycles. The largest absolute Gasteiger partial charge is 0.368 e. The van der Waals surface area contributed by atoms with Crippen LogP contribution in [0.5, 0.6) is 0 Å². The topological polar surface area (TPSA) is 26.3 Å². The van der Waals surface area contributed by atoms with Gasteiger partial charge in [-0.05, 0) is 43.2 Å². The second-order valence-electron chi connectivity index (χ2n) is 5.28. The molecule has 1 aromatic carbocycles. The number of hydrogen-bond donors (Lipinski definition) is 0. The summed E-state index contributed by atoms with van der Waals surface area (Å²) in [5.74, 6) is 0.743. The third kappa shape index (κ3) is 2.02. The molecule has 1 aliphatic heterocycles. The number of carbonyl (C=O) groups excluding carboxylic acids is 1. The van der Waals surface area contributed by atoms with Crippen LogP contribution >= 0.6 is 0 Å². The molecule has 1 saturated heterocycles. The first-order valence-corrected chi connectivity index (χ1v) is 6.50. The second kappa shape index (κ2) is 4.26. The Morgan fingerprint density at radius 2 is 2.18 bits per heavy atom. The Morgan fingerprint density at radius 1 is 1.35 bits per heavy atom. The van der Waals surface area contributed by atoms with Gasteiger partial charge in [-0.1, -0.05) is 24.3 Å². The van der Waals surface area contributed by atoms with Gasteiger partial charge in [-0.2, -0.15) is 0 Å². The van der Waals surface area contributed by atoms with Crippen LogP contribution in [0.4, 0.5) is 0 Å². The molecule has 1 aromatic rings. The highest BCUT2D eigenvalue weighted by Crippen LogP contribution is 2.38. The van der Waals surface area contributed by atoms with Crippen molar-refractivity contribution in [3.8, 4) is 0 Å². The summed E-state index contributed by atoms with van der Waals surface area (Å²) in [5.41, 5.74) is 2.78. The Balaban J connectivity index is 1.61. The summed E-state index contributed by atoms with van der Waals surface area (Å²) in [6.45, 7) is 2.05. The first-order valence-electron chi connectivity index (χ1n) is 6.50. The predicted molar refractivity (Wildman–Crippen MR) is 66.1 cm³/mol. The van der Waals surface area contributed by atoms with Gasteiger partial charge in [0.25, 0.3) is 0 Å². The van der Waals surface area contributed by atoms with Crippen LogP contribution in [0.3, 0.4) is 0 Å². The summed E-state index contributed by atoms with van der Waals surface area (Å²) in [4.78, 5) is 12.1. The Kier molecular flexibility index (Phi) is 2.75. The van der Waals surface area contributed by atoms with Crippen LogP contribution in [-0.2, 0) is 16.0 Å². The Hall–Kier alpha value is -1.15. The molecule has 1 heterocycles. The van der Waals surface area contributed by atoms with Gasteiger partial charge in [0, 0.05) is 6.42 Å². The van der Waals surface area contributed by atoms with Crippen molar-refractivity contribution in [2.24, 2.45) is 0 Å². The minimum atomic E-state index is -0.127. The summed E-state index contributed by atoms with van der Waals surface area (Å²) in [5, 5.41) is 0. The first-order chi connectivity index (χ1) is 8.24. The summed E-state index contributed by atoms with van der Waals surface area (Å²) >= 11 is 0. The average molecular weight is 230 g/mol. The van der Waals surface area contributed by atoms with Crippen molar-refractivity contribution in [2.45, 2.75) is 50.7 Å². The maximum absolute atomic E-state index is 12.1. The van der Waals surface area contributed by atoms with E-state index in [2.05, 4.69) is 24.3 Å². The normalized spacial score (nSPS) is 30.8. The van der Waals surface area contributed by atoms with Crippen molar-refractivity contribution < 1.29 is 9.53 Å². The molecule has 0 amide bonds. The van der Waals surface area contributed by atoms with Gasteiger partial charge >= 0.3 is 0 Å². The van der Waals surface area contributed by atoms with Crippen LogP contribution < -0.4 is 0 Å². The maximum atomic E-state index is 12.1. The van der Waals surface area contributed by atoms with E-state index in [1.807, 2.05) is 6.92 Å². The van der Waals surface area contributed by atoms with Crippen LogP contribution in [0.25, 0.3) is 0 Å². The number of ketones is 1. The van der Waals surface area contributed by atoms with E-state index in [0.29, 0.717) is 18.1 Å². The first kappa shape index (κ1) is 11.0. The predicted octanol–water partition coefficient (Wildman–Crippen LogP) is 2.85. The molecule has 17 heavy (non-hydrogen) atoms. The van der Waals surface area contributed by atoms with Crippen molar-refractivity contribution in [3.63, 3.8) is 0 Å². The molecule has 2 aliphatic rings. The average Bonchev–Trinajstić information content (AvgIpc) is 2.73. The van der Waals surface area contributed by atoms with Crippen molar-refractivity contribution >= 4 is 5.78 Å². The fraction of sp³-hybridized carbons (Fsp3) is 0.533. The lowest BCUT2D eigenvalue weighted by Gasteiger charge is -2.30. The van der Waals surface area contributed by atoms with Crippen molar-refractivity contribution in [1.29, 1.82) is 0 Å². The summed E-state index contributed by atoms with van der Waals surface area (Å²) in [7, 11) is 0. The highest BCUT2D eigenvalue weighted by molar-refractivity contribution is 5.84. The van der Waals surface area contributed by atoms with Crippen LogP contribution in [-0.4, -0.2) is 18.0 Å². The SMILES string of the molecule is CC1CCC(C(=O)CC2Cc3ccccc32)O1. The Labute approximate surface area is 102 Å². The van der Waals surface area contributed by atoms with Crippen LogP contribution in [0.15, 0.2) is 24.3 Å². The van der Waals surface area contributed by atoms with Gasteiger partial charge in [0.05, 0.1) is 6.10 Å². The second-order valence-corrected chi connectivity index (χ2v) is 5.28. The van der Waals surface area contributed by atoms with Crippen LogP contribution in [0.2, 0.25) is 0 Å². The zero-order valence-corrected chi connectivity index (χ0v) is 10.2. The minimum Gasteiger partial charge on any atom is -0.368 e. The van der Waals surface area contributed by atoms with E-state index in [0.717, 1.165) is 19.3 Å². The highest BCUT2D eigenvalue weighted by atomic mass is 16.5. The number of rotatable bonds is 3. The third-order valence-electron chi connectivity index (χ3n) is 4.00. The molecular formula is C15H18O2. The van der Waals surface area contributed by atoms with E-state index in [9.17, 15) is 4.79 Å². The molecular weight excluding hydrogens is 212 g/mol. The van der Waals surface area contributed by atoms with Crippen molar-refractivity contribution in [2.75, 3.05) is 0 Å². The smallest absolute Gasteiger partial charge is 0.162 e. The molecule has 90 valence electrons. The molecule has 1 fully saturated rings. The Bertz CT molecular complexity index is 438. The molecule has 0 saturated carbocycles. The molecule has 0 radical (unpaired) electrons. The van der Waals surface area contributed by atoms with E-state index >= 15 is 0 Å². The number of hydrogen-bond acceptors (Lipinski definition) is 2. The quantitative estimate of drug-likeness (QED) is 0.798. The number of Topliss-reactive ketones (excluding diaryl/α,β-unsaturated/α-hetero) is 1. The molecule has 2 heteroatoms. The van der Waals surface area contributed by atoms with E-state index in [4.69, 9.17) is 4.74 Å². The molecule has 0 spiro atoms. The lowest BCUT2D eigenvalue weighted by atomic mass is 9.74. The summed E-state index contributed by atoms with van der Waals surface area (Å²) in [6.07, 6.45) is 3.79. The fourth-order valence-corrected chi connectivity index (χ4v) is 2.96. The van der Waals surface area contributed by atoms with Gasteiger partial charge in [0.1, 0.15) is 6.10 Å². The van der Waals surface area contributed by atoms with Gasteiger partial charge in [-0.25, -0.2) is 0 Å². The van der Waals surface area contributed by atoms with Crippen LogP contribution in [0.1, 0.15) is 43.2 Å². The lowest BCUT2D eigenvalue weighted by molar-refractivity contribution is -0.130. The lowest BCUT2D eigenvalue weighted by Crippen LogP contribution is -2.27. The zero-order chi connectivity index (χ0) is 11.8. The highest BCUT2D eigenvalue weighted by Gasteiger charge is 2.33. The minimum absolute atomic E-state index is 0.127. The van der Waals surface area contributed by atoms with Gasteiger partial charge in [0.2, 0.25) is 0 Å². The third-order valence-corrected chi connectivity index (χ3v) is 4.00. The molecule has 3 atom stereocenters. The fourth-order valence-electron chi connectivity index (χ4n) is 2.96. The van der Waals surface area contributed by atoms with Gasteiger partial charge in [-0.3, -0.25) is 4.79 Å². The molecule has 2 nitrogen and oxygen atoms in total. The molecule has 1 aliphatic carbocycles. The van der Waals surface area contributed by atoms with E-state index in [1.165, 1.54) is 11.1 Å². The molecule has 3 rings (SSSR count). The van der Waals surface area contributed by atoms with Gasteiger partial charge in [-0.15, -0.1) is 0 Å². The molecule has 0 N–H and O–H groups in total. The zero-order valence-electron chi connectivity index (χ0n) is 10.2. The number of benzene rings is 1. The number of carbonyl (C=O) groups is 1. The van der Waals surface area contributed by atoms with E-state index < -0.39 is 0 Å². The van der Waals surface area contributed by atoms with E-state index in [1.54, 1.807) is 0 Å². The number of ether oxygens (including phenoxy) is 1. The van der Waals surface area contributed by atoms with Gasteiger partial charge in [0.15, 0.2) is 5.78 Å². The van der Waals surface area contributed by atoms with Crippen molar-refractivity contribution in [1.82, 2.24) is 0 Å². The summed E-state index contributed by atoms with van der Waals surface area (Å²) < 4.78 is 5.63. The molecule has 0 bridgehead atoms. The summed E-state index contributed by atoms with van der Waals surface area (Å²) in [6, 6.07) is 8.43. The monoisotopic (exact) mass is 230 g/mol. The van der Waals surface area contributed by atoms with E-state index in [-0.39, 0.29) is 12.2 Å². The van der Waals surface area contributed by atoms with Gasteiger partial charge < -0.3 is 4.74 Å². The van der Waals surface area contributed by atoms with Crippen LogP contribution in [0, 0.1) is 0 Å². The molecule has 3 unspecified atom stereocenters. The standard InChI is InChI=1S/C15H18O2/c1-10-6-7-15(17-10)14(16)9-12-8-11-4-2-3-5-13(11)12/h2-5,10,12,15H,6-9H2,1H3. The Morgan fingerprint density at radius 3 is 2.88 bits per heavy atom. The van der Waals surface area contributed by atoms with Crippen molar-refractivity contribution in [3.05, 3.63) is 35.4 Å². The maximum Gasteiger partial charge on any atom is 0.162 e. The number of fused-ring (bicyclic) bond motifs is 1.